The standard InChI is InChI=1S/C12H13BrO.C11H11BrO/c1-14-8-12(9-5-6-9)10-3-2-4-11(13)7-10;12-10-3-1-2-9(6-10)11(7-13)8-4-5-8/h2-4,7-9H,5-6H2,1H3;1-3,6-8,11H,4-5H2/b12-8-;. The van der Waals surface area contributed by atoms with Gasteiger partial charge in [0.25, 0.3) is 0 Å². The Morgan fingerprint density at radius 2 is 1.70 bits per heavy atom. The summed E-state index contributed by atoms with van der Waals surface area (Å²) in [6.07, 6.45) is 7.95. The molecule has 0 N–H and O–H groups in total. The van der Waals surface area contributed by atoms with Crippen LogP contribution in [0.15, 0.2) is 63.7 Å². The molecule has 2 nitrogen and oxygen atoms in total. The molecule has 4 heteroatoms. The number of carbonyl (C=O) groups is 1. The average molecular weight is 492 g/mol. The van der Waals surface area contributed by atoms with Crippen LogP contribution in [0.4, 0.5) is 0 Å². The number of hydrogen-bond acceptors (Lipinski definition) is 2. The Kier molecular flexibility index (Phi) is 7.31. The Morgan fingerprint density at radius 1 is 1.04 bits per heavy atom. The van der Waals surface area contributed by atoms with Crippen LogP contribution in [0.5, 0.6) is 0 Å². The molecule has 2 aliphatic rings. The second kappa shape index (κ2) is 9.70. The molecule has 1 unspecified atom stereocenters. The van der Waals surface area contributed by atoms with Crippen molar-refractivity contribution < 1.29 is 9.53 Å². The predicted octanol–water partition coefficient (Wildman–Crippen LogP) is 6.99. The summed E-state index contributed by atoms with van der Waals surface area (Å²) in [5, 5.41) is 0. The minimum absolute atomic E-state index is 0.123. The number of benzene rings is 2. The number of allylic oxidation sites excluding steroid dienone is 1. The molecule has 0 heterocycles. The molecule has 2 aromatic rings. The van der Waals surface area contributed by atoms with Crippen LogP contribution in [0.1, 0.15) is 42.7 Å². The van der Waals surface area contributed by atoms with Crippen molar-refractivity contribution in [3.05, 3.63) is 74.9 Å². The number of rotatable bonds is 6. The lowest BCUT2D eigenvalue weighted by Crippen LogP contribution is -2.02. The summed E-state index contributed by atoms with van der Waals surface area (Å²) >= 11 is 6.90. The first-order valence-electron chi connectivity index (χ1n) is 9.32. The molecule has 0 bridgehead atoms. The van der Waals surface area contributed by atoms with Crippen molar-refractivity contribution in [1.82, 2.24) is 0 Å². The maximum absolute atomic E-state index is 10.9. The van der Waals surface area contributed by atoms with Crippen LogP contribution in [0.2, 0.25) is 0 Å². The number of aldehydes is 1. The Labute approximate surface area is 178 Å². The maximum atomic E-state index is 10.9. The SMILES string of the molecule is CO/C=C(\c1cccc(Br)c1)C1CC1.O=CC(c1cccc(Br)c1)C1CC1. The van der Waals surface area contributed by atoms with E-state index in [1.165, 1.54) is 36.8 Å². The zero-order valence-corrected chi connectivity index (χ0v) is 18.6. The van der Waals surface area contributed by atoms with Crippen LogP contribution >= 0.6 is 31.9 Å². The third-order valence-corrected chi connectivity index (χ3v) is 5.92. The van der Waals surface area contributed by atoms with Gasteiger partial charge in [-0.2, -0.15) is 0 Å². The van der Waals surface area contributed by atoms with Crippen LogP contribution in [-0.2, 0) is 9.53 Å². The van der Waals surface area contributed by atoms with Crippen molar-refractivity contribution in [2.45, 2.75) is 31.6 Å². The molecular weight excluding hydrogens is 468 g/mol. The molecule has 0 aliphatic heterocycles. The van der Waals surface area contributed by atoms with Crippen LogP contribution in [-0.4, -0.2) is 13.4 Å². The highest BCUT2D eigenvalue weighted by Crippen LogP contribution is 2.42. The molecule has 4 rings (SSSR count). The van der Waals surface area contributed by atoms with Gasteiger partial charge < -0.3 is 9.53 Å². The van der Waals surface area contributed by atoms with Crippen molar-refractivity contribution in [3.8, 4) is 0 Å². The van der Waals surface area contributed by atoms with Gasteiger partial charge in [-0.1, -0.05) is 56.1 Å². The molecule has 2 aliphatic carbocycles. The summed E-state index contributed by atoms with van der Waals surface area (Å²) in [6, 6.07) is 16.4. The lowest BCUT2D eigenvalue weighted by molar-refractivity contribution is -0.109. The third kappa shape index (κ3) is 6.05. The third-order valence-electron chi connectivity index (χ3n) is 4.93. The summed E-state index contributed by atoms with van der Waals surface area (Å²) in [6.45, 7) is 0. The predicted molar refractivity (Wildman–Crippen MR) is 118 cm³/mol. The van der Waals surface area contributed by atoms with Gasteiger partial charge in [0, 0.05) is 14.9 Å². The molecule has 27 heavy (non-hydrogen) atoms. The van der Waals surface area contributed by atoms with Gasteiger partial charge in [0.2, 0.25) is 0 Å². The topological polar surface area (TPSA) is 26.3 Å². The fourth-order valence-electron chi connectivity index (χ4n) is 3.22. The highest BCUT2D eigenvalue weighted by atomic mass is 79.9. The zero-order valence-electron chi connectivity index (χ0n) is 15.4. The van der Waals surface area contributed by atoms with Gasteiger partial charge in [0.1, 0.15) is 6.29 Å². The molecule has 0 spiro atoms. The van der Waals surface area contributed by atoms with E-state index in [0.717, 1.165) is 20.8 Å². The van der Waals surface area contributed by atoms with E-state index in [9.17, 15) is 4.79 Å². The molecule has 0 saturated heterocycles. The zero-order chi connectivity index (χ0) is 19.2. The van der Waals surface area contributed by atoms with Crippen molar-refractivity contribution in [2.75, 3.05) is 7.11 Å². The first-order valence-corrected chi connectivity index (χ1v) is 10.9. The fourth-order valence-corrected chi connectivity index (χ4v) is 4.04. The summed E-state index contributed by atoms with van der Waals surface area (Å²) in [5.74, 6) is 1.44. The van der Waals surface area contributed by atoms with Gasteiger partial charge in [0.05, 0.1) is 13.4 Å². The molecule has 0 amide bonds. The second-order valence-electron chi connectivity index (χ2n) is 7.15. The number of hydrogen-bond donors (Lipinski definition) is 0. The summed E-state index contributed by atoms with van der Waals surface area (Å²) in [4.78, 5) is 10.9. The van der Waals surface area contributed by atoms with Crippen molar-refractivity contribution in [3.63, 3.8) is 0 Å². The molecule has 1 atom stereocenters. The molecule has 0 radical (unpaired) electrons. The van der Waals surface area contributed by atoms with E-state index in [1.54, 1.807) is 7.11 Å². The highest BCUT2D eigenvalue weighted by molar-refractivity contribution is 9.10. The molecule has 142 valence electrons. The Bertz CT molecular complexity index is 808. The van der Waals surface area contributed by atoms with Gasteiger partial charge in [-0.15, -0.1) is 0 Å². The Morgan fingerprint density at radius 3 is 2.22 bits per heavy atom. The van der Waals surface area contributed by atoms with Gasteiger partial charge in [-0.25, -0.2) is 0 Å². The average Bonchev–Trinajstić information content (AvgIpc) is 3.55. The molecule has 2 fully saturated rings. The summed E-state index contributed by atoms with van der Waals surface area (Å²) < 4.78 is 7.30. The van der Waals surface area contributed by atoms with Gasteiger partial charge >= 0.3 is 0 Å². The Hall–Kier alpha value is -1.39. The van der Waals surface area contributed by atoms with Crippen LogP contribution in [0.25, 0.3) is 5.57 Å². The van der Waals surface area contributed by atoms with E-state index in [2.05, 4.69) is 50.1 Å². The fraction of sp³-hybridized carbons (Fsp3) is 0.348. The smallest absolute Gasteiger partial charge is 0.127 e. The number of ether oxygens (including phenoxy) is 1. The molecule has 0 aromatic heterocycles. The lowest BCUT2D eigenvalue weighted by atomic mass is 9.96. The van der Waals surface area contributed by atoms with E-state index in [0.29, 0.717) is 11.8 Å². The van der Waals surface area contributed by atoms with Crippen LogP contribution in [0.3, 0.4) is 0 Å². The van der Waals surface area contributed by atoms with E-state index in [4.69, 9.17) is 4.74 Å². The maximum Gasteiger partial charge on any atom is 0.127 e. The lowest BCUT2D eigenvalue weighted by Gasteiger charge is -2.08. The second-order valence-corrected chi connectivity index (χ2v) is 8.98. The van der Waals surface area contributed by atoms with E-state index < -0.39 is 0 Å². The highest BCUT2D eigenvalue weighted by Gasteiger charge is 2.31. The number of methoxy groups -OCH3 is 1. The van der Waals surface area contributed by atoms with Crippen LogP contribution in [0, 0.1) is 11.8 Å². The first kappa shape index (κ1) is 20.3. The van der Waals surface area contributed by atoms with Crippen molar-refractivity contribution in [2.24, 2.45) is 11.8 Å². The van der Waals surface area contributed by atoms with Crippen LogP contribution < -0.4 is 0 Å². The normalized spacial score (nSPS) is 17.5. The number of carbonyl (C=O) groups excluding carboxylic acids is 1. The largest absolute Gasteiger partial charge is 0.504 e. The Balaban J connectivity index is 0.000000156. The van der Waals surface area contributed by atoms with Crippen molar-refractivity contribution in [1.29, 1.82) is 0 Å². The first-order chi connectivity index (χ1) is 13.1. The molecule has 2 aromatic carbocycles. The minimum Gasteiger partial charge on any atom is -0.504 e. The van der Waals surface area contributed by atoms with Crippen molar-refractivity contribution >= 4 is 43.7 Å². The minimum atomic E-state index is 0.123. The molecule has 2 saturated carbocycles. The van der Waals surface area contributed by atoms with E-state index >= 15 is 0 Å². The molecular formula is C23H24Br2O2. The van der Waals surface area contributed by atoms with E-state index in [-0.39, 0.29) is 5.92 Å². The van der Waals surface area contributed by atoms with Gasteiger partial charge in [-0.3, -0.25) is 0 Å². The number of halogens is 2. The quantitative estimate of drug-likeness (QED) is 0.321. The summed E-state index contributed by atoms with van der Waals surface area (Å²) in [5.41, 5.74) is 3.74. The van der Waals surface area contributed by atoms with Gasteiger partial charge in [-0.05, 0) is 78.5 Å². The van der Waals surface area contributed by atoms with Gasteiger partial charge in [0.15, 0.2) is 0 Å². The monoisotopic (exact) mass is 490 g/mol. The summed E-state index contributed by atoms with van der Waals surface area (Å²) in [7, 11) is 1.71. The van der Waals surface area contributed by atoms with E-state index in [1.807, 2.05) is 36.6 Å².